The minimum atomic E-state index is -0.811. The van der Waals surface area contributed by atoms with Gasteiger partial charge in [0.15, 0.2) is 6.29 Å². The SMILES string of the molecule is CC[C@@H]1CC(C(=O)OC)C[C@@H](O)C1O[C@@H]1OC(C)[C@@H](C)[C@H](OCc2ccccc2)C1OCc1ccccc1. The zero-order valence-corrected chi connectivity index (χ0v) is 22.9. The lowest BCUT2D eigenvalue weighted by Gasteiger charge is -2.47. The molecule has 1 heterocycles. The first kappa shape index (κ1) is 28.7. The number of esters is 1. The van der Waals surface area contributed by atoms with E-state index in [-0.39, 0.29) is 35.9 Å². The van der Waals surface area contributed by atoms with Gasteiger partial charge < -0.3 is 28.8 Å². The summed E-state index contributed by atoms with van der Waals surface area (Å²) < 4.78 is 30.9. The van der Waals surface area contributed by atoms with Gasteiger partial charge in [-0.2, -0.15) is 0 Å². The Labute approximate surface area is 226 Å². The Hall–Kier alpha value is -2.29. The Bertz CT molecular complexity index is 984. The second-order valence-corrected chi connectivity index (χ2v) is 10.6. The second-order valence-electron chi connectivity index (χ2n) is 10.6. The molecule has 1 N–H and O–H groups in total. The average Bonchev–Trinajstić information content (AvgIpc) is 2.94. The Balaban J connectivity index is 1.55. The van der Waals surface area contributed by atoms with Crippen LogP contribution >= 0.6 is 0 Å². The monoisotopic (exact) mass is 526 g/mol. The van der Waals surface area contributed by atoms with Gasteiger partial charge in [0.05, 0.1) is 50.7 Å². The molecule has 2 aromatic carbocycles. The fourth-order valence-corrected chi connectivity index (χ4v) is 5.65. The van der Waals surface area contributed by atoms with Crippen molar-refractivity contribution in [3.8, 4) is 0 Å². The third-order valence-electron chi connectivity index (χ3n) is 8.08. The van der Waals surface area contributed by atoms with E-state index in [1.54, 1.807) is 0 Å². The van der Waals surface area contributed by atoms with Crippen molar-refractivity contribution in [2.45, 2.75) is 90.1 Å². The van der Waals surface area contributed by atoms with E-state index in [0.29, 0.717) is 26.1 Å². The molecule has 0 bridgehead atoms. The van der Waals surface area contributed by atoms with Gasteiger partial charge in [0.2, 0.25) is 0 Å². The lowest BCUT2D eigenvalue weighted by molar-refractivity contribution is -0.324. The van der Waals surface area contributed by atoms with Crippen LogP contribution in [-0.4, -0.2) is 55.0 Å². The molecule has 4 rings (SSSR count). The van der Waals surface area contributed by atoms with Crippen molar-refractivity contribution in [1.29, 1.82) is 0 Å². The first-order chi connectivity index (χ1) is 18.4. The van der Waals surface area contributed by atoms with E-state index < -0.39 is 24.6 Å². The number of carbonyl (C=O) groups is 1. The molecule has 1 aliphatic carbocycles. The molecular weight excluding hydrogens is 484 g/mol. The van der Waals surface area contributed by atoms with Gasteiger partial charge in [-0.15, -0.1) is 0 Å². The molecule has 1 saturated heterocycles. The number of hydrogen-bond acceptors (Lipinski definition) is 7. The maximum atomic E-state index is 12.2. The smallest absolute Gasteiger partial charge is 0.308 e. The van der Waals surface area contributed by atoms with Crippen LogP contribution in [-0.2, 0) is 41.7 Å². The predicted molar refractivity (Wildman–Crippen MR) is 143 cm³/mol. The summed E-state index contributed by atoms with van der Waals surface area (Å²) in [5.74, 6) is -0.574. The third kappa shape index (κ3) is 7.01. The number of methoxy groups -OCH3 is 1. The van der Waals surface area contributed by atoms with Gasteiger partial charge in [-0.25, -0.2) is 0 Å². The van der Waals surface area contributed by atoms with Crippen LogP contribution in [0, 0.1) is 17.8 Å². The normalized spacial score (nSPS) is 33.6. The zero-order chi connectivity index (χ0) is 27.1. The molecule has 0 aromatic heterocycles. The van der Waals surface area contributed by atoms with Crippen LogP contribution < -0.4 is 0 Å². The largest absolute Gasteiger partial charge is 0.469 e. The molecule has 4 unspecified atom stereocenters. The number of aliphatic hydroxyl groups is 1. The number of hydrogen-bond donors (Lipinski definition) is 1. The highest BCUT2D eigenvalue weighted by molar-refractivity contribution is 5.72. The average molecular weight is 527 g/mol. The molecule has 0 spiro atoms. The molecule has 208 valence electrons. The molecule has 7 heteroatoms. The standard InChI is InChI=1S/C31H42O7/c1-5-24-16-25(30(33)34-4)17-26(32)28(24)38-31-29(36-19-23-14-10-7-11-15-23)27(20(2)21(3)37-31)35-18-22-12-8-6-9-13-22/h6-15,20-21,24-29,31-32H,5,16-19H2,1-4H3/t20-,21?,24-,25?,26-,27+,28?,29?,31+/m1/s1. The summed E-state index contributed by atoms with van der Waals surface area (Å²) in [6, 6.07) is 20.1. The van der Waals surface area contributed by atoms with Crippen molar-refractivity contribution in [2.75, 3.05) is 7.11 Å². The van der Waals surface area contributed by atoms with Crippen molar-refractivity contribution in [1.82, 2.24) is 0 Å². The molecule has 0 amide bonds. The van der Waals surface area contributed by atoms with Gasteiger partial charge >= 0.3 is 5.97 Å². The summed E-state index contributed by atoms with van der Waals surface area (Å²) in [7, 11) is 1.39. The molecule has 1 aliphatic heterocycles. The molecule has 9 atom stereocenters. The van der Waals surface area contributed by atoms with E-state index in [1.165, 1.54) is 7.11 Å². The highest BCUT2D eigenvalue weighted by Gasteiger charge is 2.48. The number of rotatable bonds is 10. The van der Waals surface area contributed by atoms with Gasteiger partial charge in [0.25, 0.3) is 0 Å². The summed E-state index contributed by atoms with van der Waals surface area (Å²) in [5, 5.41) is 11.1. The van der Waals surface area contributed by atoms with Crippen molar-refractivity contribution in [3.05, 3.63) is 71.8 Å². The van der Waals surface area contributed by atoms with Crippen molar-refractivity contribution < 1.29 is 33.6 Å². The van der Waals surface area contributed by atoms with Gasteiger partial charge in [0, 0.05) is 5.92 Å². The Morgan fingerprint density at radius 1 is 0.895 bits per heavy atom. The minimum absolute atomic E-state index is 0.0143. The highest BCUT2D eigenvalue weighted by atomic mass is 16.7. The molecule has 1 saturated carbocycles. The molecule has 7 nitrogen and oxygen atoms in total. The Morgan fingerprint density at radius 2 is 1.47 bits per heavy atom. The topological polar surface area (TPSA) is 83.5 Å². The van der Waals surface area contributed by atoms with Crippen LogP contribution in [0.25, 0.3) is 0 Å². The lowest BCUT2D eigenvalue weighted by atomic mass is 9.76. The van der Waals surface area contributed by atoms with Gasteiger partial charge in [-0.3, -0.25) is 4.79 Å². The predicted octanol–water partition coefficient (Wildman–Crippen LogP) is 4.89. The van der Waals surface area contributed by atoms with Crippen LogP contribution in [0.5, 0.6) is 0 Å². The van der Waals surface area contributed by atoms with Crippen molar-refractivity contribution in [3.63, 3.8) is 0 Å². The molecule has 0 radical (unpaired) electrons. The van der Waals surface area contributed by atoms with Crippen molar-refractivity contribution >= 4 is 5.97 Å². The number of aliphatic hydroxyl groups excluding tert-OH is 1. The first-order valence-electron chi connectivity index (χ1n) is 13.8. The maximum absolute atomic E-state index is 12.2. The number of carbonyl (C=O) groups excluding carboxylic acids is 1. The second kappa shape index (κ2) is 13.7. The Kier molecular flexibility index (Phi) is 10.3. The maximum Gasteiger partial charge on any atom is 0.308 e. The van der Waals surface area contributed by atoms with Crippen LogP contribution in [0.15, 0.2) is 60.7 Å². The zero-order valence-electron chi connectivity index (χ0n) is 22.9. The fourth-order valence-electron chi connectivity index (χ4n) is 5.65. The quantitative estimate of drug-likeness (QED) is 0.441. The van der Waals surface area contributed by atoms with Crippen molar-refractivity contribution in [2.24, 2.45) is 17.8 Å². The molecular formula is C31H42O7. The number of ether oxygens (including phenoxy) is 5. The fraction of sp³-hybridized carbons (Fsp3) is 0.581. The molecule has 2 aliphatic rings. The summed E-state index contributed by atoms with van der Waals surface area (Å²) in [6.45, 7) is 7.02. The highest BCUT2D eigenvalue weighted by Crippen LogP contribution is 2.38. The number of benzene rings is 2. The van der Waals surface area contributed by atoms with E-state index in [2.05, 4.69) is 13.8 Å². The summed E-state index contributed by atoms with van der Waals surface area (Å²) >= 11 is 0. The van der Waals surface area contributed by atoms with E-state index in [4.69, 9.17) is 23.7 Å². The molecule has 2 aromatic rings. The summed E-state index contributed by atoms with van der Waals surface area (Å²) in [6.07, 6.45) is -1.28. The molecule has 2 fully saturated rings. The van der Waals surface area contributed by atoms with Crippen LogP contribution in [0.1, 0.15) is 51.2 Å². The minimum Gasteiger partial charge on any atom is -0.469 e. The van der Waals surface area contributed by atoms with E-state index >= 15 is 0 Å². The van der Waals surface area contributed by atoms with Gasteiger partial charge in [0.1, 0.15) is 6.10 Å². The van der Waals surface area contributed by atoms with E-state index in [9.17, 15) is 9.90 Å². The first-order valence-corrected chi connectivity index (χ1v) is 13.8. The Morgan fingerprint density at radius 3 is 2.03 bits per heavy atom. The van der Waals surface area contributed by atoms with Crippen LogP contribution in [0.3, 0.4) is 0 Å². The third-order valence-corrected chi connectivity index (χ3v) is 8.08. The van der Waals surface area contributed by atoms with Crippen LogP contribution in [0.4, 0.5) is 0 Å². The van der Waals surface area contributed by atoms with Crippen LogP contribution in [0.2, 0.25) is 0 Å². The van der Waals surface area contributed by atoms with Gasteiger partial charge in [-0.05, 0) is 36.8 Å². The summed E-state index contributed by atoms with van der Waals surface area (Å²) in [4.78, 5) is 12.2. The van der Waals surface area contributed by atoms with E-state index in [0.717, 1.165) is 17.5 Å². The lowest BCUT2D eigenvalue weighted by Crippen LogP contribution is -2.58. The molecule has 38 heavy (non-hydrogen) atoms. The van der Waals surface area contributed by atoms with Gasteiger partial charge in [-0.1, -0.05) is 80.9 Å². The summed E-state index contributed by atoms with van der Waals surface area (Å²) in [5.41, 5.74) is 2.13. The van der Waals surface area contributed by atoms with E-state index in [1.807, 2.05) is 67.6 Å².